The lowest BCUT2D eigenvalue weighted by Gasteiger charge is -2.34. The third-order valence-corrected chi connectivity index (χ3v) is 4.78. The van der Waals surface area contributed by atoms with Gasteiger partial charge in [0.05, 0.1) is 6.54 Å². The molecule has 1 N–H and O–H groups in total. The molecule has 2 aromatic carbocycles. The molecule has 2 aromatic rings. The Bertz CT molecular complexity index is 694. The molecule has 1 atom stereocenters. The van der Waals surface area contributed by atoms with E-state index in [-0.39, 0.29) is 5.91 Å². The third-order valence-electron chi connectivity index (χ3n) is 4.78. The van der Waals surface area contributed by atoms with Crippen molar-refractivity contribution in [1.29, 1.82) is 0 Å². The largest absolute Gasteiger partial charge is 0.352 e. The minimum atomic E-state index is 0.165. The number of rotatable bonds is 4. The topological polar surface area (TPSA) is 32.3 Å². The first kappa shape index (κ1) is 14.5. The molecule has 1 fully saturated rings. The fourth-order valence-corrected chi connectivity index (χ4v) is 3.47. The third kappa shape index (κ3) is 3.30. The number of nitrogens with one attached hydrogen (secondary N) is 1. The van der Waals surface area contributed by atoms with Gasteiger partial charge < -0.3 is 5.32 Å². The van der Waals surface area contributed by atoms with E-state index in [0.29, 0.717) is 18.5 Å². The summed E-state index contributed by atoms with van der Waals surface area (Å²) in [5, 5.41) is 3.10. The average Bonchev–Trinajstić information content (AvgIpc) is 3.38. The Balaban J connectivity index is 1.56. The van der Waals surface area contributed by atoms with Gasteiger partial charge in [-0.15, -0.1) is 0 Å². The van der Waals surface area contributed by atoms with Crippen LogP contribution in [0.1, 0.15) is 35.4 Å². The van der Waals surface area contributed by atoms with Crippen molar-refractivity contribution in [2.75, 3.05) is 13.1 Å². The van der Waals surface area contributed by atoms with Crippen molar-refractivity contribution in [3.63, 3.8) is 0 Å². The van der Waals surface area contributed by atoms with E-state index in [1.807, 2.05) is 0 Å². The van der Waals surface area contributed by atoms with Gasteiger partial charge in [-0.1, -0.05) is 54.6 Å². The van der Waals surface area contributed by atoms with Gasteiger partial charge in [-0.3, -0.25) is 9.69 Å². The maximum atomic E-state index is 12.2. The molecule has 2 aliphatic rings. The van der Waals surface area contributed by atoms with E-state index in [4.69, 9.17) is 0 Å². The summed E-state index contributed by atoms with van der Waals surface area (Å²) in [6.07, 6.45) is 2.28. The van der Waals surface area contributed by atoms with Crippen molar-refractivity contribution in [2.24, 2.45) is 0 Å². The Hall–Kier alpha value is -2.13. The molecule has 4 rings (SSSR count). The first-order chi connectivity index (χ1) is 11.3. The van der Waals surface area contributed by atoms with Gasteiger partial charge in [0.1, 0.15) is 0 Å². The summed E-state index contributed by atoms with van der Waals surface area (Å²) < 4.78 is 0. The van der Waals surface area contributed by atoms with E-state index in [2.05, 4.69) is 64.8 Å². The molecule has 3 nitrogen and oxygen atoms in total. The summed E-state index contributed by atoms with van der Waals surface area (Å²) >= 11 is 0. The van der Waals surface area contributed by atoms with Crippen molar-refractivity contribution < 1.29 is 4.79 Å². The molecule has 0 bridgehead atoms. The van der Waals surface area contributed by atoms with E-state index < -0.39 is 0 Å². The predicted octanol–water partition coefficient (Wildman–Crippen LogP) is 2.91. The fraction of sp³-hybridized carbons (Fsp3) is 0.350. The van der Waals surface area contributed by atoms with Crippen LogP contribution in [0.2, 0.25) is 0 Å². The van der Waals surface area contributed by atoms with E-state index in [9.17, 15) is 4.79 Å². The summed E-state index contributed by atoms with van der Waals surface area (Å²) in [6, 6.07) is 19.7. The zero-order chi connectivity index (χ0) is 15.6. The fourth-order valence-electron chi connectivity index (χ4n) is 3.47. The molecule has 1 saturated carbocycles. The number of amides is 1. The number of hydrogen-bond donors (Lipinski definition) is 1. The molecule has 1 heterocycles. The van der Waals surface area contributed by atoms with E-state index >= 15 is 0 Å². The van der Waals surface area contributed by atoms with Crippen molar-refractivity contribution in [3.8, 4) is 0 Å². The van der Waals surface area contributed by atoms with E-state index in [1.165, 1.54) is 16.7 Å². The molecule has 1 aliphatic carbocycles. The van der Waals surface area contributed by atoms with Crippen LogP contribution in [0.25, 0.3) is 0 Å². The number of carbonyl (C=O) groups is 1. The first-order valence-electron chi connectivity index (χ1n) is 8.44. The predicted molar refractivity (Wildman–Crippen MR) is 91.2 cm³/mol. The molecular weight excluding hydrogens is 284 g/mol. The van der Waals surface area contributed by atoms with Gasteiger partial charge in [-0.2, -0.15) is 0 Å². The molecule has 0 radical (unpaired) electrons. The summed E-state index contributed by atoms with van der Waals surface area (Å²) in [4.78, 5) is 14.4. The van der Waals surface area contributed by atoms with Crippen LogP contribution in [0.4, 0.5) is 0 Å². The monoisotopic (exact) mass is 306 g/mol. The second-order valence-electron chi connectivity index (χ2n) is 6.67. The molecule has 3 heteroatoms. The van der Waals surface area contributed by atoms with Crippen LogP contribution < -0.4 is 5.32 Å². The van der Waals surface area contributed by atoms with Crippen LogP contribution in [0, 0.1) is 0 Å². The summed E-state index contributed by atoms with van der Waals surface area (Å²) in [7, 11) is 0. The molecule has 118 valence electrons. The van der Waals surface area contributed by atoms with Gasteiger partial charge >= 0.3 is 0 Å². The second kappa shape index (κ2) is 6.17. The Morgan fingerprint density at radius 3 is 2.57 bits per heavy atom. The van der Waals surface area contributed by atoms with Gasteiger partial charge in [-0.25, -0.2) is 0 Å². The molecule has 0 saturated heterocycles. The van der Waals surface area contributed by atoms with Crippen molar-refractivity contribution in [3.05, 3.63) is 71.3 Å². The molecule has 0 spiro atoms. The number of hydrogen-bond acceptors (Lipinski definition) is 2. The number of nitrogens with zero attached hydrogens (tertiary/aromatic N) is 1. The van der Waals surface area contributed by atoms with Crippen molar-refractivity contribution in [1.82, 2.24) is 10.2 Å². The summed E-state index contributed by atoms with van der Waals surface area (Å²) in [6.45, 7) is 2.25. The first-order valence-corrected chi connectivity index (χ1v) is 8.44. The quantitative estimate of drug-likeness (QED) is 0.942. The van der Waals surface area contributed by atoms with Gasteiger partial charge in [0.2, 0.25) is 5.91 Å². The smallest absolute Gasteiger partial charge is 0.234 e. The zero-order valence-corrected chi connectivity index (χ0v) is 13.2. The highest BCUT2D eigenvalue weighted by Gasteiger charge is 2.29. The second-order valence-corrected chi connectivity index (χ2v) is 6.67. The minimum Gasteiger partial charge on any atom is -0.352 e. The Morgan fingerprint density at radius 2 is 1.78 bits per heavy atom. The number of carbonyl (C=O) groups excluding carboxylic acids is 1. The molecule has 0 unspecified atom stereocenters. The maximum Gasteiger partial charge on any atom is 0.234 e. The van der Waals surface area contributed by atoms with E-state index in [1.54, 1.807) is 0 Å². The Labute approximate surface area is 137 Å². The molecular formula is C20H22N2O. The van der Waals surface area contributed by atoms with Crippen LogP contribution in [0.3, 0.4) is 0 Å². The van der Waals surface area contributed by atoms with Crippen molar-refractivity contribution >= 4 is 5.91 Å². The SMILES string of the molecule is O=C(CN1Cc2ccccc2[C@@H](c2ccccc2)C1)NC1CC1. The van der Waals surface area contributed by atoms with Crippen LogP contribution in [0.5, 0.6) is 0 Å². The molecule has 1 aliphatic heterocycles. The highest BCUT2D eigenvalue weighted by molar-refractivity contribution is 5.78. The van der Waals surface area contributed by atoms with Gasteiger partial charge in [0.25, 0.3) is 0 Å². The summed E-state index contributed by atoms with van der Waals surface area (Å²) in [5.74, 6) is 0.508. The van der Waals surface area contributed by atoms with Crippen LogP contribution in [-0.4, -0.2) is 29.9 Å². The summed E-state index contributed by atoms with van der Waals surface area (Å²) in [5.41, 5.74) is 4.07. The lowest BCUT2D eigenvalue weighted by Crippen LogP contribution is -2.42. The normalized spacial score (nSPS) is 20.8. The van der Waals surface area contributed by atoms with Crippen LogP contribution >= 0.6 is 0 Å². The molecule has 1 amide bonds. The average molecular weight is 306 g/mol. The lowest BCUT2D eigenvalue weighted by molar-refractivity contribution is -0.122. The van der Waals surface area contributed by atoms with Gasteiger partial charge in [0.15, 0.2) is 0 Å². The number of benzene rings is 2. The molecule has 0 aromatic heterocycles. The van der Waals surface area contributed by atoms with Crippen LogP contribution in [-0.2, 0) is 11.3 Å². The Morgan fingerprint density at radius 1 is 1.04 bits per heavy atom. The lowest BCUT2D eigenvalue weighted by atomic mass is 9.84. The minimum absolute atomic E-state index is 0.165. The van der Waals surface area contributed by atoms with Gasteiger partial charge in [-0.05, 0) is 29.5 Å². The zero-order valence-electron chi connectivity index (χ0n) is 13.2. The maximum absolute atomic E-state index is 12.2. The Kier molecular flexibility index (Phi) is 3.88. The van der Waals surface area contributed by atoms with Crippen LogP contribution in [0.15, 0.2) is 54.6 Å². The number of fused-ring (bicyclic) bond motifs is 1. The highest BCUT2D eigenvalue weighted by Crippen LogP contribution is 2.33. The van der Waals surface area contributed by atoms with Gasteiger partial charge in [0, 0.05) is 25.0 Å². The highest BCUT2D eigenvalue weighted by atomic mass is 16.2. The van der Waals surface area contributed by atoms with Crippen molar-refractivity contribution in [2.45, 2.75) is 31.3 Å². The van der Waals surface area contributed by atoms with E-state index in [0.717, 1.165) is 25.9 Å². The standard InChI is InChI=1S/C20H22N2O/c23-20(21-17-10-11-17)14-22-12-16-8-4-5-9-18(16)19(13-22)15-6-2-1-3-7-15/h1-9,17,19H,10-14H2,(H,21,23)/t19-/m1/s1. The molecule has 23 heavy (non-hydrogen) atoms.